The molecule has 0 N–H and O–H groups in total. The van der Waals surface area contributed by atoms with Gasteiger partial charge in [0.05, 0.1) is 5.56 Å². The largest absolute Gasteiger partial charge is 0.458 e. The van der Waals surface area contributed by atoms with Gasteiger partial charge in [0.25, 0.3) is 0 Å². The van der Waals surface area contributed by atoms with Gasteiger partial charge in [-0.1, -0.05) is 25.7 Å². The van der Waals surface area contributed by atoms with Gasteiger partial charge in [-0.2, -0.15) is 22.0 Å². The minimum Gasteiger partial charge on any atom is -0.429 e. The molecule has 3 aromatic carbocycles. The maximum Gasteiger partial charge on any atom is 0.458 e. The van der Waals surface area contributed by atoms with Gasteiger partial charge in [-0.05, 0) is 72.0 Å². The summed E-state index contributed by atoms with van der Waals surface area (Å²) < 4.78 is 129. The summed E-state index contributed by atoms with van der Waals surface area (Å²) in [7, 11) is 0. The third kappa shape index (κ3) is 5.81. The van der Waals surface area contributed by atoms with E-state index in [0.29, 0.717) is 24.8 Å². The molecule has 0 heterocycles. The van der Waals surface area contributed by atoms with Gasteiger partial charge in [0.2, 0.25) is 0 Å². The van der Waals surface area contributed by atoms with Crippen molar-refractivity contribution in [3.8, 4) is 17.6 Å². The highest BCUT2D eigenvalue weighted by Gasteiger charge is 2.41. The van der Waals surface area contributed by atoms with Crippen LogP contribution in [0.3, 0.4) is 0 Å². The van der Waals surface area contributed by atoms with E-state index < -0.39 is 57.8 Å². The zero-order chi connectivity index (χ0) is 27.1. The van der Waals surface area contributed by atoms with Crippen LogP contribution in [-0.2, 0) is 6.11 Å². The Morgan fingerprint density at radius 1 is 0.811 bits per heavy atom. The molecule has 1 fully saturated rings. The summed E-state index contributed by atoms with van der Waals surface area (Å²) in [5, 5.41) is -0.768. The zero-order valence-electron chi connectivity index (χ0n) is 19.3. The van der Waals surface area contributed by atoms with E-state index in [1.807, 2.05) is 0 Å². The van der Waals surface area contributed by atoms with E-state index in [1.165, 1.54) is 5.92 Å². The summed E-state index contributed by atoms with van der Waals surface area (Å²) >= 11 is 0. The predicted octanol–water partition coefficient (Wildman–Crippen LogP) is 8.73. The van der Waals surface area contributed by atoms with Crippen LogP contribution in [0.1, 0.15) is 55.2 Å². The van der Waals surface area contributed by atoms with Crippen LogP contribution in [0.2, 0.25) is 0 Å². The molecule has 0 aliphatic heterocycles. The Labute approximate surface area is 206 Å². The molecule has 4 rings (SSSR count). The lowest BCUT2D eigenvalue weighted by molar-refractivity contribution is -0.189. The first-order valence-corrected chi connectivity index (χ1v) is 11.3. The van der Waals surface area contributed by atoms with Gasteiger partial charge >= 0.3 is 12.3 Å². The van der Waals surface area contributed by atoms with Crippen LogP contribution in [0.4, 0.5) is 39.5 Å². The molecule has 0 aromatic heterocycles. The number of ether oxygens (including phenoxy) is 1. The SMILES string of the molecule is CC1CCC(c2cc(F)c(C(F)(F)Oc3ccc4c(F)c(C#CC(F)(F)F)c(F)cc4c3)c(F)c2)CC1. The van der Waals surface area contributed by atoms with Crippen molar-refractivity contribution in [2.75, 3.05) is 0 Å². The molecule has 0 unspecified atom stereocenters. The van der Waals surface area contributed by atoms with Crippen molar-refractivity contribution < 1.29 is 44.3 Å². The van der Waals surface area contributed by atoms with Crippen molar-refractivity contribution in [2.45, 2.75) is 50.8 Å². The standard InChI is InChI=1S/C27H19F9O/c1-14-2-4-15(5-3-14)16-11-22(29)24(23(30)12-16)27(35,36)37-18-6-7-19-17(10-18)13-21(28)20(25(19)31)8-9-26(32,33)34/h6-7,10-15H,2-5H2,1H3. The minimum atomic E-state index is -4.99. The lowest BCUT2D eigenvalue weighted by Crippen LogP contribution is -2.25. The van der Waals surface area contributed by atoms with Crippen molar-refractivity contribution in [1.82, 2.24) is 0 Å². The molecule has 0 spiro atoms. The molecule has 1 aliphatic rings. The molecule has 10 heteroatoms. The van der Waals surface area contributed by atoms with Crippen LogP contribution in [0, 0.1) is 41.0 Å². The highest BCUT2D eigenvalue weighted by molar-refractivity contribution is 5.86. The molecule has 0 atom stereocenters. The van der Waals surface area contributed by atoms with Crippen LogP contribution in [0.25, 0.3) is 10.8 Å². The first kappa shape index (κ1) is 26.7. The quantitative estimate of drug-likeness (QED) is 0.242. The Kier molecular flexibility index (Phi) is 7.10. The molecule has 0 bridgehead atoms. The first-order chi connectivity index (χ1) is 17.2. The van der Waals surface area contributed by atoms with Crippen molar-refractivity contribution >= 4 is 10.8 Å². The van der Waals surface area contributed by atoms with Gasteiger partial charge in [-0.25, -0.2) is 17.6 Å². The third-order valence-corrected chi connectivity index (χ3v) is 6.42. The van der Waals surface area contributed by atoms with Gasteiger partial charge in [0, 0.05) is 11.3 Å². The van der Waals surface area contributed by atoms with Crippen molar-refractivity contribution in [2.24, 2.45) is 5.92 Å². The van der Waals surface area contributed by atoms with Gasteiger partial charge in [0.1, 0.15) is 34.6 Å². The second-order valence-corrected chi connectivity index (χ2v) is 9.11. The minimum absolute atomic E-state index is 0.153. The number of benzene rings is 3. The van der Waals surface area contributed by atoms with Gasteiger partial charge < -0.3 is 4.74 Å². The normalized spacial score (nSPS) is 18.4. The van der Waals surface area contributed by atoms with E-state index in [0.717, 1.165) is 49.1 Å². The number of alkyl halides is 5. The van der Waals surface area contributed by atoms with Crippen LogP contribution in [0.15, 0.2) is 36.4 Å². The molecule has 0 radical (unpaired) electrons. The summed E-state index contributed by atoms with van der Waals surface area (Å²) in [6.07, 6.45) is -6.41. The smallest absolute Gasteiger partial charge is 0.429 e. The number of rotatable bonds is 4. The zero-order valence-corrected chi connectivity index (χ0v) is 19.3. The summed E-state index contributed by atoms with van der Waals surface area (Å²) in [6.45, 7) is 2.06. The van der Waals surface area contributed by atoms with Crippen LogP contribution in [0.5, 0.6) is 5.75 Å². The predicted molar refractivity (Wildman–Crippen MR) is 118 cm³/mol. The third-order valence-electron chi connectivity index (χ3n) is 6.42. The molecular formula is C27H19F9O. The summed E-state index contributed by atoms with van der Waals surface area (Å²) in [4.78, 5) is 0. The van der Waals surface area contributed by atoms with Crippen LogP contribution in [-0.4, -0.2) is 6.18 Å². The number of halogens is 9. The van der Waals surface area contributed by atoms with Crippen molar-refractivity contribution in [1.29, 1.82) is 0 Å². The molecule has 37 heavy (non-hydrogen) atoms. The van der Waals surface area contributed by atoms with Gasteiger partial charge in [-0.3, -0.25) is 0 Å². The molecule has 0 amide bonds. The molecule has 1 nitrogen and oxygen atoms in total. The van der Waals surface area contributed by atoms with E-state index >= 15 is 0 Å². The Morgan fingerprint density at radius 2 is 1.43 bits per heavy atom. The molecule has 1 saturated carbocycles. The fourth-order valence-corrected chi connectivity index (χ4v) is 4.52. The number of fused-ring (bicyclic) bond motifs is 1. The molecule has 0 saturated heterocycles. The molecule has 1 aliphatic carbocycles. The van der Waals surface area contributed by atoms with E-state index in [4.69, 9.17) is 0 Å². The lowest BCUT2D eigenvalue weighted by Gasteiger charge is -2.27. The van der Waals surface area contributed by atoms with Crippen LogP contribution >= 0.6 is 0 Å². The first-order valence-electron chi connectivity index (χ1n) is 11.3. The summed E-state index contributed by atoms with van der Waals surface area (Å²) in [5.74, 6) is -4.12. The lowest BCUT2D eigenvalue weighted by atomic mass is 9.79. The van der Waals surface area contributed by atoms with Crippen molar-refractivity contribution in [3.05, 3.63) is 76.4 Å². The van der Waals surface area contributed by atoms with E-state index in [1.54, 1.807) is 0 Å². The second kappa shape index (κ2) is 9.84. The maximum atomic E-state index is 14.8. The van der Waals surface area contributed by atoms with Gasteiger partial charge in [0.15, 0.2) is 0 Å². The second-order valence-electron chi connectivity index (χ2n) is 9.11. The highest BCUT2D eigenvalue weighted by Crippen LogP contribution is 2.40. The van der Waals surface area contributed by atoms with Gasteiger partial charge in [-0.15, -0.1) is 0 Å². The molecular weight excluding hydrogens is 511 g/mol. The fraction of sp³-hybridized carbons (Fsp3) is 0.333. The number of hydrogen-bond acceptors (Lipinski definition) is 1. The maximum absolute atomic E-state index is 14.8. The highest BCUT2D eigenvalue weighted by atomic mass is 19.4. The van der Waals surface area contributed by atoms with E-state index in [9.17, 15) is 39.5 Å². The average Bonchev–Trinajstić information content (AvgIpc) is 2.77. The Morgan fingerprint density at radius 3 is 2.03 bits per heavy atom. The monoisotopic (exact) mass is 530 g/mol. The Bertz CT molecular complexity index is 1370. The topological polar surface area (TPSA) is 9.23 Å². The van der Waals surface area contributed by atoms with Crippen molar-refractivity contribution in [3.63, 3.8) is 0 Å². The number of hydrogen-bond donors (Lipinski definition) is 0. The average molecular weight is 530 g/mol. The Hall–Kier alpha value is -3.35. The summed E-state index contributed by atoms with van der Waals surface area (Å²) in [5.41, 5.74) is -2.49. The van der Waals surface area contributed by atoms with E-state index in [-0.39, 0.29) is 16.9 Å². The summed E-state index contributed by atoms with van der Waals surface area (Å²) in [6, 6.07) is 4.75. The van der Waals surface area contributed by atoms with E-state index in [2.05, 4.69) is 11.7 Å². The molecule has 3 aromatic rings. The molecule has 196 valence electrons. The Balaban J connectivity index is 1.63. The van der Waals surface area contributed by atoms with Crippen LogP contribution < -0.4 is 4.74 Å². The fourth-order valence-electron chi connectivity index (χ4n) is 4.52.